The molecule has 2 aliphatic rings. The summed E-state index contributed by atoms with van der Waals surface area (Å²) < 4.78 is 16.8. The monoisotopic (exact) mass is 569 g/mol. The van der Waals surface area contributed by atoms with Gasteiger partial charge in [-0.2, -0.15) is 0 Å². The van der Waals surface area contributed by atoms with Gasteiger partial charge in [0.1, 0.15) is 5.82 Å². The number of aliphatic carboxylic acids is 1. The number of amides is 1. The van der Waals surface area contributed by atoms with Crippen molar-refractivity contribution in [2.24, 2.45) is 5.92 Å². The van der Waals surface area contributed by atoms with Crippen LogP contribution in [0.15, 0.2) is 30.6 Å². The molecule has 0 saturated carbocycles. The van der Waals surface area contributed by atoms with Gasteiger partial charge < -0.3 is 29.1 Å². The second-order valence-electron chi connectivity index (χ2n) is 11.0. The zero-order valence-corrected chi connectivity index (χ0v) is 24.6. The van der Waals surface area contributed by atoms with E-state index < -0.39 is 11.9 Å². The van der Waals surface area contributed by atoms with Crippen LogP contribution in [0, 0.1) is 5.92 Å². The van der Waals surface area contributed by atoms with E-state index in [0.717, 1.165) is 31.4 Å². The zero-order chi connectivity index (χ0) is 29.4. The SMILES string of the molecule is CCCCN(CCCN(C)C)C(=O)CN1C[C@H](c2cc(OC)c3c(c2)OCO3)[C@@H](C(=O)O)[C@@H]1CCc1ncccn1. The molecule has 1 saturated heterocycles. The number of fused-ring (bicyclic) bond motifs is 1. The average Bonchev–Trinajstić information content (AvgIpc) is 3.58. The van der Waals surface area contributed by atoms with Gasteiger partial charge in [0, 0.05) is 50.4 Å². The van der Waals surface area contributed by atoms with Gasteiger partial charge in [0.05, 0.1) is 19.6 Å². The molecule has 0 unspecified atom stereocenters. The molecule has 0 spiro atoms. The summed E-state index contributed by atoms with van der Waals surface area (Å²) in [5.41, 5.74) is 0.795. The summed E-state index contributed by atoms with van der Waals surface area (Å²) in [5.74, 6) is 0.256. The molecule has 4 rings (SSSR count). The van der Waals surface area contributed by atoms with Gasteiger partial charge in [-0.25, -0.2) is 9.97 Å². The van der Waals surface area contributed by atoms with Crippen LogP contribution in [-0.2, 0) is 16.0 Å². The topological polar surface area (TPSA) is 118 Å². The molecule has 11 heteroatoms. The number of carboxylic acids is 1. The molecule has 1 amide bonds. The Hall–Kier alpha value is -3.44. The molecule has 0 aliphatic carbocycles. The zero-order valence-electron chi connectivity index (χ0n) is 24.6. The van der Waals surface area contributed by atoms with Gasteiger partial charge in [-0.3, -0.25) is 14.5 Å². The second kappa shape index (κ2) is 14.5. The number of aryl methyl sites for hydroxylation is 1. The fourth-order valence-corrected chi connectivity index (χ4v) is 5.85. The van der Waals surface area contributed by atoms with E-state index >= 15 is 0 Å². The molecule has 41 heavy (non-hydrogen) atoms. The summed E-state index contributed by atoms with van der Waals surface area (Å²) >= 11 is 0. The summed E-state index contributed by atoms with van der Waals surface area (Å²) in [4.78, 5) is 41.4. The molecule has 224 valence electrons. The van der Waals surface area contributed by atoms with E-state index in [4.69, 9.17) is 14.2 Å². The number of carbonyl (C=O) groups excluding carboxylic acids is 1. The first kappa shape index (κ1) is 30.5. The van der Waals surface area contributed by atoms with Gasteiger partial charge in [-0.15, -0.1) is 0 Å². The molecule has 0 radical (unpaired) electrons. The third-order valence-corrected chi connectivity index (χ3v) is 7.93. The van der Waals surface area contributed by atoms with E-state index in [9.17, 15) is 14.7 Å². The molecule has 3 atom stereocenters. The van der Waals surface area contributed by atoms with Crippen LogP contribution in [-0.4, -0.2) is 108 Å². The second-order valence-corrected chi connectivity index (χ2v) is 11.0. The molecule has 1 N–H and O–H groups in total. The van der Waals surface area contributed by atoms with Gasteiger partial charge in [-0.05, 0) is 63.7 Å². The van der Waals surface area contributed by atoms with Gasteiger partial charge in [0.15, 0.2) is 11.5 Å². The number of aromatic nitrogens is 2. The van der Waals surface area contributed by atoms with Crippen LogP contribution in [0.25, 0.3) is 0 Å². The highest BCUT2D eigenvalue weighted by Crippen LogP contribution is 2.47. The Morgan fingerprint density at radius 2 is 1.88 bits per heavy atom. The Labute approximate surface area is 242 Å². The molecule has 3 heterocycles. The smallest absolute Gasteiger partial charge is 0.308 e. The fraction of sp³-hybridized carbons (Fsp3) is 0.600. The lowest BCUT2D eigenvalue weighted by molar-refractivity contribution is -0.143. The number of carboxylic acid groups (broad SMARTS) is 1. The highest BCUT2D eigenvalue weighted by Gasteiger charge is 2.47. The molecule has 11 nitrogen and oxygen atoms in total. The van der Waals surface area contributed by atoms with Crippen molar-refractivity contribution in [3.63, 3.8) is 0 Å². The fourth-order valence-electron chi connectivity index (χ4n) is 5.85. The minimum absolute atomic E-state index is 0.0335. The lowest BCUT2D eigenvalue weighted by Gasteiger charge is -2.30. The molecule has 1 aromatic heterocycles. The van der Waals surface area contributed by atoms with Crippen molar-refractivity contribution in [2.75, 3.05) is 60.7 Å². The van der Waals surface area contributed by atoms with E-state index in [1.165, 1.54) is 0 Å². The van der Waals surface area contributed by atoms with Gasteiger partial charge in [0.2, 0.25) is 18.4 Å². The minimum Gasteiger partial charge on any atom is -0.493 e. The van der Waals surface area contributed by atoms with Crippen LogP contribution in [0.5, 0.6) is 17.2 Å². The van der Waals surface area contributed by atoms with Gasteiger partial charge >= 0.3 is 5.97 Å². The highest BCUT2D eigenvalue weighted by molar-refractivity contribution is 5.79. The lowest BCUT2D eigenvalue weighted by Crippen LogP contribution is -2.45. The van der Waals surface area contributed by atoms with Crippen LogP contribution < -0.4 is 14.2 Å². The number of benzene rings is 1. The highest BCUT2D eigenvalue weighted by atomic mass is 16.7. The minimum atomic E-state index is -0.894. The van der Waals surface area contributed by atoms with Crippen molar-refractivity contribution < 1.29 is 28.9 Å². The summed E-state index contributed by atoms with van der Waals surface area (Å²) in [5, 5.41) is 10.5. The predicted molar refractivity (Wildman–Crippen MR) is 153 cm³/mol. The maximum Gasteiger partial charge on any atom is 0.308 e. The lowest BCUT2D eigenvalue weighted by atomic mass is 9.83. The van der Waals surface area contributed by atoms with Crippen LogP contribution in [0.2, 0.25) is 0 Å². The van der Waals surface area contributed by atoms with E-state index in [1.807, 2.05) is 31.1 Å². The van der Waals surface area contributed by atoms with Gasteiger partial charge in [0.25, 0.3) is 0 Å². The summed E-state index contributed by atoms with van der Waals surface area (Å²) in [6, 6.07) is 5.07. The number of hydrogen-bond acceptors (Lipinski definition) is 9. The van der Waals surface area contributed by atoms with E-state index in [0.29, 0.717) is 55.5 Å². The standard InChI is InChI=1S/C30H43N5O6/c1-5-6-14-34(15-8-13-33(2)3)27(36)19-35-18-22(21-16-24(39-4)29-25(17-21)40-20-41-29)28(30(37)38)23(35)9-10-26-31-11-7-12-32-26/h7,11-12,16-17,22-23,28H,5-6,8-10,13-15,18-20H2,1-4H3,(H,37,38)/t22-,23+,28-/m1/s1. The third kappa shape index (κ3) is 7.65. The number of carbonyl (C=O) groups is 2. The van der Waals surface area contributed by atoms with E-state index in [2.05, 4.69) is 26.7 Å². The summed E-state index contributed by atoms with van der Waals surface area (Å²) in [6.45, 7) is 5.06. The van der Waals surface area contributed by atoms with Crippen LogP contribution >= 0.6 is 0 Å². The predicted octanol–water partition coefficient (Wildman–Crippen LogP) is 2.90. The molecule has 1 fully saturated rings. The number of hydrogen-bond donors (Lipinski definition) is 1. The first-order valence-electron chi connectivity index (χ1n) is 14.4. The average molecular weight is 570 g/mol. The Morgan fingerprint density at radius 3 is 2.56 bits per heavy atom. The molecule has 1 aromatic carbocycles. The molecular weight excluding hydrogens is 526 g/mol. The maximum absolute atomic E-state index is 13.7. The van der Waals surface area contributed by atoms with E-state index in [1.54, 1.807) is 25.6 Å². The number of rotatable bonds is 15. The quantitative estimate of drug-likeness (QED) is 0.343. The largest absolute Gasteiger partial charge is 0.493 e. The van der Waals surface area contributed by atoms with Crippen LogP contribution in [0.4, 0.5) is 0 Å². The van der Waals surface area contributed by atoms with Crippen molar-refractivity contribution in [2.45, 2.75) is 51.0 Å². The Kier molecular flexibility index (Phi) is 10.8. The number of likely N-dealkylation sites (tertiary alicyclic amines) is 1. The van der Waals surface area contributed by atoms with Crippen LogP contribution in [0.1, 0.15) is 49.9 Å². The maximum atomic E-state index is 13.7. The van der Waals surface area contributed by atoms with E-state index in [-0.39, 0.29) is 31.2 Å². The van der Waals surface area contributed by atoms with Crippen molar-refractivity contribution in [3.8, 4) is 17.2 Å². The Balaban J connectivity index is 1.61. The summed E-state index contributed by atoms with van der Waals surface area (Å²) in [6.07, 6.45) is 7.22. The third-order valence-electron chi connectivity index (χ3n) is 7.93. The molecule has 2 aromatic rings. The first-order chi connectivity index (χ1) is 19.8. The van der Waals surface area contributed by atoms with Crippen molar-refractivity contribution in [3.05, 3.63) is 42.0 Å². The molecule has 2 aliphatic heterocycles. The molecule has 0 bridgehead atoms. The number of nitrogens with zero attached hydrogens (tertiary/aromatic N) is 5. The normalized spacial score (nSPS) is 20.0. The number of unbranched alkanes of at least 4 members (excludes halogenated alkanes) is 1. The van der Waals surface area contributed by atoms with Crippen molar-refractivity contribution in [1.82, 2.24) is 24.7 Å². The Morgan fingerprint density at radius 1 is 1.12 bits per heavy atom. The Bertz CT molecular complexity index is 1160. The van der Waals surface area contributed by atoms with Crippen LogP contribution in [0.3, 0.4) is 0 Å². The van der Waals surface area contributed by atoms with Crippen molar-refractivity contribution in [1.29, 1.82) is 0 Å². The number of methoxy groups -OCH3 is 1. The molecular formula is C30H43N5O6. The first-order valence-corrected chi connectivity index (χ1v) is 14.4. The summed E-state index contributed by atoms with van der Waals surface area (Å²) in [7, 11) is 5.61. The van der Waals surface area contributed by atoms with Crippen molar-refractivity contribution >= 4 is 11.9 Å². The number of ether oxygens (including phenoxy) is 3. The van der Waals surface area contributed by atoms with Gasteiger partial charge in [-0.1, -0.05) is 13.3 Å².